The van der Waals surface area contributed by atoms with Crippen molar-refractivity contribution in [3.8, 4) is 11.5 Å². The SMILES string of the molecule is CN1C(=O)C[C@@H](C(=O)Nc2ccc(C(=O)O)cc2)SC1=Nc1ccc2c(c1)OCO2. The Balaban J connectivity index is 1.50. The summed E-state index contributed by atoms with van der Waals surface area (Å²) in [5.41, 5.74) is 1.15. The summed E-state index contributed by atoms with van der Waals surface area (Å²) in [5, 5.41) is 11.4. The Kier molecular flexibility index (Phi) is 5.32. The summed E-state index contributed by atoms with van der Waals surface area (Å²) in [6.45, 7) is 0.151. The second kappa shape index (κ2) is 8.07. The minimum Gasteiger partial charge on any atom is -0.478 e. The smallest absolute Gasteiger partial charge is 0.335 e. The Bertz CT molecular complexity index is 1050. The number of nitrogens with one attached hydrogen (secondary N) is 1. The second-order valence-electron chi connectivity index (χ2n) is 6.57. The zero-order chi connectivity index (χ0) is 21.3. The number of aliphatic imine (C=N–C) groups is 1. The number of anilines is 1. The average Bonchev–Trinajstić information content (AvgIpc) is 3.19. The molecule has 2 heterocycles. The third kappa shape index (κ3) is 4.08. The molecule has 1 fully saturated rings. The summed E-state index contributed by atoms with van der Waals surface area (Å²) < 4.78 is 10.6. The maximum Gasteiger partial charge on any atom is 0.335 e. The molecule has 0 bridgehead atoms. The molecule has 2 aromatic rings. The van der Waals surface area contributed by atoms with Crippen molar-refractivity contribution in [2.24, 2.45) is 4.99 Å². The molecule has 0 aliphatic carbocycles. The molecular weight excluding hydrogens is 410 g/mol. The van der Waals surface area contributed by atoms with Crippen LogP contribution in [0.2, 0.25) is 0 Å². The fourth-order valence-electron chi connectivity index (χ4n) is 2.88. The van der Waals surface area contributed by atoms with Crippen LogP contribution >= 0.6 is 11.8 Å². The van der Waals surface area contributed by atoms with E-state index in [2.05, 4.69) is 10.3 Å². The number of carboxylic acid groups (broad SMARTS) is 1. The van der Waals surface area contributed by atoms with Crippen molar-refractivity contribution in [1.82, 2.24) is 4.90 Å². The van der Waals surface area contributed by atoms with Crippen LogP contribution < -0.4 is 14.8 Å². The van der Waals surface area contributed by atoms with E-state index in [9.17, 15) is 14.4 Å². The van der Waals surface area contributed by atoms with Crippen LogP contribution in [0, 0.1) is 0 Å². The highest BCUT2D eigenvalue weighted by atomic mass is 32.2. The summed E-state index contributed by atoms with van der Waals surface area (Å²) in [6, 6.07) is 11.0. The molecule has 30 heavy (non-hydrogen) atoms. The number of rotatable bonds is 4. The number of ether oxygens (including phenoxy) is 2. The number of thioether (sulfide) groups is 1. The van der Waals surface area contributed by atoms with Crippen LogP contribution in [0.5, 0.6) is 11.5 Å². The van der Waals surface area contributed by atoms with Gasteiger partial charge in [-0.3, -0.25) is 14.5 Å². The predicted octanol–water partition coefficient (Wildman–Crippen LogP) is 2.70. The van der Waals surface area contributed by atoms with Crippen molar-refractivity contribution >= 4 is 46.1 Å². The summed E-state index contributed by atoms with van der Waals surface area (Å²) in [7, 11) is 1.61. The first-order valence-corrected chi connectivity index (χ1v) is 9.84. The van der Waals surface area contributed by atoms with Gasteiger partial charge in [0, 0.05) is 25.2 Å². The number of fused-ring (bicyclic) bond motifs is 1. The largest absolute Gasteiger partial charge is 0.478 e. The molecule has 10 heteroatoms. The van der Waals surface area contributed by atoms with E-state index >= 15 is 0 Å². The number of amidine groups is 1. The summed E-state index contributed by atoms with van der Waals surface area (Å²) in [4.78, 5) is 41.9. The van der Waals surface area contributed by atoms with Crippen molar-refractivity contribution in [3.63, 3.8) is 0 Å². The van der Waals surface area contributed by atoms with Crippen molar-refractivity contribution in [3.05, 3.63) is 48.0 Å². The summed E-state index contributed by atoms with van der Waals surface area (Å²) >= 11 is 1.18. The van der Waals surface area contributed by atoms with Gasteiger partial charge in [-0.1, -0.05) is 11.8 Å². The number of carbonyl (C=O) groups is 3. The zero-order valence-corrected chi connectivity index (χ0v) is 16.6. The Hall–Kier alpha value is -3.53. The molecule has 0 radical (unpaired) electrons. The molecule has 2 aromatic carbocycles. The number of hydrogen-bond donors (Lipinski definition) is 2. The molecular formula is C20H17N3O6S. The maximum atomic E-state index is 12.7. The molecule has 154 valence electrons. The quantitative estimate of drug-likeness (QED) is 0.770. The first-order chi connectivity index (χ1) is 14.4. The van der Waals surface area contributed by atoms with E-state index in [1.54, 1.807) is 25.2 Å². The van der Waals surface area contributed by atoms with Crippen LogP contribution in [-0.4, -0.2) is 52.0 Å². The van der Waals surface area contributed by atoms with Crippen LogP contribution in [0.4, 0.5) is 11.4 Å². The number of hydrogen-bond acceptors (Lipinski definition) is 7. The Morgan fingerprint density at radius 3 is 2.63 bits per heavy atom. The lowest BCUT2D eigenvalue weighted by atomic mass is 10.2. The molecule has 0 saturated carbocycles. The van der Waals surface area contributed by atoms with Gasteiger partial charge in [0.1, 0.15) is 5.25 Å². The number of carboxylic acids is 1. The van der Waals surface area contributed by atoms with Crippen LogP contribution in [0.3, 0.4) is 0 Å². The molecule has 1 saturated heterocycles. The second-order valence-corrected chi connectivity index (χ2v) is 7.74. The topological polar surface area (TPSA) is 118 Å². The number of nitrogens with zero attached hydrogens (tertiary/aromatic N) is 2. The van der Waals surface area contributed by atoms with Crippen LogP contribution in [0.25, 0.3) is 0 Å². The van der Waals surface area contributed by atoms with E-state index < -0.39 is 11.2 Å². The fraction of sp³-hybridized carbons (Fsp3) is 0.200. The van der Waals surface area contributed by atoms with Crippen molar-refractivity contribution in [2.45, 2.75) is 11.7 Å². The Morgan fingerprint density at radius 2 is 1.90 bits per heavy atom. The molecule has 2 aliphatic heterocycles. The van der Waals surface area contributed by atoms with Crippen molar-refractivity contribution < 1.29 is 29.0 Å². The number of amides is 2. The van der Waals surface area contributed by atoms with Crippen LogP contribution in [-0.2, 0) is 9.59 Å². The molecule has 1 atom stereocenters. The van der Waals surface area contributed by atoms with Gasteiger partial charge in [-0.15, -0.1) is 0 Å². The summed E-state index contributed by atoms with van der Waals surface area (Å²) in [5.74, 6) is -0.428. The van der Waals surface area contributed by atoms with Gasteiger partial charge in [-0.05, 0) is 36.4 Å². The number of benzene rings is 2. The van der Waals surface area contributed by atoms with Crippen molar-refractivity contribution in [1.29, 1.82) is 0 Å². The van der Waals surface area contributed by atoms with E-state index in [4.69, 9.17) is 14.6 Å². The highest BCUT2D eigenvalue weighted by Gasteiger charge is 2.34. The van der Waals surface area contributed by atoms with Gasteiger partial charge in [0.05, 0.1) is 11.3 Å². The normalized spacial score (nSPS) is 19.1. The zero-order valence-electron chi connectivity index (χ0n) is 15.8. The third-order valence-electron chi connectivity index (χ3n) is 4.54. The van der Waals surface area contributed by atoms with Gasteiger partial charge < -0.3 is 19.9 Å². The third-order valence-corrected chi connectivity index (χ3v) is 5.78. The van der Waals surface area contributed by atoms with E-state index in [-0.39, 0.29) is 30.6 Å². The molecule has 2 aliphatic rings. The Labute approximate surface area is 175 Å². The van der Waals surface area contributed by atoms with E-state index in [0.717, 1.165) is 0 Å². The number of aromatic carboxylic acids is 1. The monoisotopic (exact) mass is 427 g/mol. The fourth-order valence-corrected chi connectivity index (χ4v) is 3.95. The van der Waals surface area contributed by atoms with E-state index in [0.29, 0.717) is 28.0 Å². The number of carbonyl (C=O) groups excluding carboxylic acids is 2. The van der Waals surface area contributed by atoms with Gasteiger partial charge in [-0.2, -0.15) is 0 Å². The molecule has 0 unspecified atom stereocenters. The lowest BCUT2D eigenvalue weighted by Gasteiger charge is -2.28. The molecule has 0 aromatic heterocycles. The molecule has 9 nitrogen and oxygen atoms in total. The first-order valence-electron chi connectivity index (χ1n) is 8.96. The van der Waals surface area contributed by atoms with Gasteiger partial charge >= 0.3 is 5.97 Å². The highest BCUT2D eigenvalue weighted by molar-refractivity contribution is 8.15. The highest BCUT2D eigenvalue weighted by Crippen LogP contribution is 2.36. The van der Waals surface area contributed by atoms with Gasteiger partial charge in [0.25, 0.3) is 0 Å². The lowest BCUT2D eigenvalue weighted by molar-refractivity contribution is -0.128. The minimum atomic E-state index is -1.05. The maximum absolute atomic E-state index is 12.7. The predicted molar refractivity (Wildman–Crippen MR) is 110 cm³/mol. The molecule has 2 amide bonds. The van der Waals surface area contributed by atoms with Crippen molar-refractivity contribution in [2.75, 3.05) is 19.2 Å². The standard InChI is InChI=1S/C20H17N3O6S/c1-23-17(24)9-16(18(25)21-12-4-2-11(3-5-12)19(26)27)30-20(23)22-13-6-7-14-15(8-13)29-10-28-14/h2-8,16H,9-10H2,1H3,(H,21,25)(H,26,27)/t16-/m0/s1. The van der Waals surface area contributed by atoms with Gasteiger partial charge in [0.15, 0.2) is 16.7 Å². The van der Waals surface area contributed by atoms with Gasteiger partial charge in [-0.25, -0.2) is 9.79 Å². The minimum absolute atomic E-state index is 0.0281. The first kappa shape index (κ1) is 19.8. The van der Waals surface area contributed by atoms with Crippen LogP contribution in [0.15, 0.2) is 47.5 Å². The van der Waals surface area contributed by atoms with E-state index in [1.165, 1.54) is 40.9 Å². The molecule has 4 rings (SSSR count). The molecule has 0 spiro atoms. The van der Waals surface area contributed by atoms with E-state index in [1.807, 2.05) is 0 Å². The lowest BCUT2D eigenvalue weighted by Crippen LogP contribution is -2.43. The Morgan fingerprint density at radius 1 is 1.17 bits per heavy atom. The molecule has 2 N–H and O–H groups in total. The summed E-state index contributed by atoms with van der Waals surface area (Å²) in [6.07, 6.45) is 0.0281. The van der Waals surface area contributed by atoms with Crippen LogP contribution in [0.1, 0.15) is 16.8 Å². The van der Waals surface area contributed by atoms with Gasteiger partial charge in [0.2, 0.25) is 18.6 Å². The average molecular weight is 427 g/mol.